The Balaban J connectivity index is 1.80. The minimum atomic E-state index is -0.340. The van der Waals surface area contributed by atoms with Gasteiger partial charge in [-0.05, 0) is 31.5 Å². The monoisotopic (exact) mass is 499 g/mol. The molecule has 1 fully saturated rings. The molecule has 9 nitrogen and oxygen atoms in total. The van der Waals surface area contributed by atoms with Crippen LogP contribution in [0.3, 0.4) is 0 Å². The zero-order valence-corrected chi connectivity index (χ0v) is 21.9. The van der Waals surface area contributed by atoms with Crippen LogP contribution in [0.2, 0.25) is 0 Å². The largest absolute Gasteiger partial charge is 0.493 e. The predicted molar refractivity (Wildman–Crippen MR) is 137 cm³/mol. The SMILES string of the molecule is CCN(CC)C(=O)OCC1CN(C(=O)c2cc(OC)c(OC)c(OC)c2)CCN1Cc1ccccc1. The van der Waals surface area contributed by atoms with Crippen molar-refractivity contribution in [3.63, 3.8) is 0 Å². The molecule has 3 rings (SSSR count). The van der Waals surface area contributed by atoms with E-state index in [2.05, 4.69) is 17.0 Å². The number of amides is 2. The summed E-state index contributed by atoms with van der Waals surface area (Å²) >= 11 is 0. The van der Waals surface area contributed by atoms with Crippen molar-refractivity contribution in [3.8, 4) is 17.2 Å². The fraction of sp³-hybridized carbons (Fsp3) is 0.481. The number of carbonyl (C=O) groups excluding carboxylic acids is 2. The first-order valence-corrected chi connectivity index (χ1v) is 12.2. The zero-order valence-electron chi connectivity index (χ0n) is 21.9. The summed E-state index contributed by atoms with van der Waals surface area (Å²) in [5.41, 5.74) is 1.61. The number of carbonyl (C=O) groups is 2. The molecule has 1 atom stereocenters. The molecule has 1 heterocycles. The van der Waals surface area contributed by atoms with Gasteiger partial charge in [-0.3, -0.25) is 9.69 Å². The Morgan fingerprint density at radius 1 is 0.944 bits per heavy atom. The van der Waals surface area contributed by atoms with Crippen LogP contribution in [-0.4, -0.2) is 93.4 Å². The molecule has 0 N–H and O–H groups in total. The van der Waals surface area contributed by atoms with E-state index in [1.165, 1.54) is 26.9 Å². The fourth-order valence-electron chi connectivity index (χ4n) is 4.39. The topological polar surface area (TPSA) is 80.8 Å². The number of methoxy groups -OCH3 is 3. The molecular weight excluding hydrogens is 462 g/mol. The van der Waals surface area contributed by atoms with Crippen LogP contribution in [0.25, 0.3) is 0 Å². The molecule has 2 amide bonds. The maximum Gasteiger partial charge on any atom is 0.409 e. The minimum absolute atomic E-state index is 0.145. The smallest absolute Gasteiger partial charge is 0.409 e. The Morgan fingerprint density at radius 3 is 2.14 bits per heavy atom. The highest BCUT2D eigenvalue weighted by molar-refractivity contribution is 5.95. The molecule has 36 heavy (non-hydrogen) atoms. The fourth-order valence-corrected chi connectivity index (χ4v) is 4.39. The van der Waals surface area contributed by atoms with E-state index in [9.17, 15) is 9.59 Å². The van der Waals surface area contributed by atoms with Crippen molar-refractivity contribution < 1.29 is 28.5 Å². The molecule has 0 radical (unpaired) electrons. The highest BCUT2D eigenvalue weighted by Crippen LogP contribution is 2.38. The third-order valence-corrected chi connectivity index (χ3v) is 6.45. The number of hydrogen-bond donors (Lipinski definition) is 0. The molecule has 1 aliphatic rings. The molecule has 9 heteroatoms. The summed E-state index contributed by atoms with van der Waals surface area (Å²) in [5, 5.41) is 0. The molecule has 0 spiro atoms. The van der Waals surface area contributed by atoms with Gasteiger partial charge in [-0.25, -0.2) is 4.79 Å². The van der Waals surface area contributed by atoms with Gasteiger partial charge in [0.25, 0.3) is 5.91 Å². The van der Waals surface area contributed by atoms with Crippen LogP contribution in [0, 0.1) is 0 Å². The first-order chi connectivity index (χ1) is 17.4. The van der Waals surface area contributed by atoms with Crippen LogP contribution in [0.5, 0.6) is 17.2 Å². The van der Waals surface area contributed by atoms with Crippen molar-refractivity contribution in [2.75, 3.05) is 60.7 Å². The molecule has 196 valence electrons. The van der Waals surface area contributed by atoms with Crippen LogP contribution < -0.4 is 14.2 Å². The Kier molecular flexibility index (Phi) is 9.81. The highest BCUT2D eigenvalue weighted by Gasteiger charge is 2.32. The Bertz CT molecular complexity index is 987. The lowest BCUT2D eigenvalue weighted by atomic mass is 10.1. The maximum absolute atomic E-state index is 13.5. The normalized spacial score (nSPS) is 15.8. The van der Waals surface area contributed by atoms with Gasteiger partial charge in [-0.2, -0.15) is 0 Å². The van der Waals surface area contributed by atoms with Gasteiger partial charge in [0.15, 0.2) is 11.5 Å². The minimum Gasteiger partial charge on any atom is -0.493 e. The van der Waals surface area contributed by atoms with Gasteiger partial charge >= 0.3 is 6.09 Å². The van der Waals surface area contributed by atoms with Gasteiger partial charge in [0.05, 0.1) is 27.4 Å². The van der Waals surface area contributed by atoms with Crippen molar-refractivity contribution >= 4 is 12.0 Å². The molecule has 1 aliphatic heterocycles. The first-order valence-electron chi connectivity index (χ1n) is 12.2. The van der Waals surface area contributed by atoms with E-state index in [4.69, 9.17) is 18.9 Å². The summed E-state index contributed by atoms with van der Waals surface area (Å²) in [5.74, 6) is 1.14. The lowest BCUT2D eigenvalue weighted by molar-refractivity contribution is 0.0174. The summed E-state index contributed by atoms with van der Waals surface area (Å²) < 4.78 is 21.9. The maximum atomic E-state index is 13.5. The van der Waals surface area contributed by atoms with Crippen LogP contribution in [0.4, 0.5) is 4.79 Å². The van der Waals surface area contributed by atoms with E-state index in [0.717, 1.165) is 0 Å². The molecule has 2 aromatic carbocycles. The highest BCUT2D eigenvalue weighted by atomic mass is 16.6. The van der Waals surface area contributed by atoms with E-state index < -0.39 is 0 Å². The van der Waals surface area contributed by atoms with E-state index in [1.54, 1.807) is 21.9 Å². The van der Waals surface area contributed by atoms with Gasteiger partial charge in [0.1, 0.15) is 6.61 Å². The van der Waals surface area contributed by atoms with Crippen molar-refractivity contribution in [2.24, 2.45) is 0 Å². The predicted octanol–water partition coefficient (Wildman–Crippen LogP) is 3.52. The zero-order chi connectivity index (χ0) is 26.1. The van der Waals surface area contributed by atoms with Crippen molar-refractivity contribution in [1.82, 2.24) is 14.7 Å². The van der Waals surface area contributed by atoms with Crippen molar-refractivity contribution in [1.29, 1.82) is 0 Å². The van der Waals surface area contributed by atoms with Crippen LogP contribution >= 0.6 is 0 Å². The van der Waals surface area contributed by atoms with E-state index >= 15 is 0 Å². The standard InChI is InChI=1S/C27H37N3O6/c1-6-28(7-2)27(32)36-19-22-18-30(14-13-29(22)17-20-11-9-8-10-12-20)26(31)21-15-23(33-3)25(35-5)24(16-21)34-4/h8-12,15-16,22H,6-7,13-14,17-19H2,1-5H3. The number of rotatable bonds is 10. The lowest BCUT2D eigenvalue weighted by Crippen LogP contribution is -2.56. The van der Waals surface area contributed by atoms with Gasteiger partial charge in [-0.15, -0.1) is 0 Å². The Morgan fingerprint density at radius 2 is 1.58 bits per heavy atom. The van der Waals surface area contributed by atoms with Crippen LogP contribution in [-0.2, 0) is 11.3 Å². The second-order valence-corrected chi connectivity index (χ2v) is 8.52. The van der Waals surface area contributed by atoms with Crippen molar-refractivity contribution in [2.45, 2.75) is 26.4 Å². The number of hydrogen-bond acceptors (Lipinski definition) is 7. The molecule has 0 bridgehead atoms. The average Bonchev–Trinajstić information content (AvgIpc) is 2.92. The number of piperazine rings is 1. The van der Waals surface area contributed by atoms with Crippen molar-refractivity contribution in [3.05, 3.63) is 53.6 Å². The number of benzene rings is 2. The second-order valence-electron chi connectivity index (χ2n) is 8.52. The molecule has 1 saturated heterocycles. The third kappa shape index (κ3) is 6.40. The molecule has 1 unspecified atom stereocenters. The summed E-state index contributed by atoms with van der Waals surface area (Å²) in [6.45, 7) is 7.53. The lowest BCUT2D eigenvalue weighted by Gasteiger charge is -2.41. The summed E-state index contributed by atoms with van der Waals surface area (Å²) in [4.78, 5) is 31.7. The van der Waals surface area contributed by atoms with Crippen LogP contribution in [0.1, 0.15) is 29.8 Å². The molecule has 0 aliphatic carbocycles. The van der Waals surface area contributed by atoms with Gasteiger partial charge in [-0.1, -0.05) is 30.3 Å². The summed E-state index contributed by atoms with van der Waals surface area (Å²) in [7, 11) is 4.57. The summed E-state index contributed by atoms with van der Waals surface area (Å²) in [6, 6.07) is 13.3. The number of ether oxygens (including phenoxy) is 4. The Labute approximate surface area is 213 Å². The van der Waals surface area contributed by atoms with E-state index in [1.807, 2.05) is 32.0 Å². The average molecular weight is 500 g/mol. The Hall–Kier alpha value is -3.46. The van der Waals surface area contributed by atoms with E-state index in [-0.39, 0.29) is 24.6 Å². The first kappa shape index (κ1) is 27.1. The molecule has 0 aromatic heterocycles. The molecule has 0 saturated carbocycles. The van der Waals surface area contributed by atoms with Gasteiger partial charge in [0, 0.05) is 44.8 Å². The quantitative estimate of drug-likeness (QED) is 0.495. The van der Waals surface area contributed by atoms with Gasteiger partial charge in [0.2, 0.25) is 5.75 Å². The summed E-state index contributed by atoms with van der Waals surface area (Å²) in [6.07, 6.45) is -0.340. The number of nitrogens with zero attached hydrogens (tertiary/aromatic N) is 3. The van der Waals surface area contributed by atoms with E-state index in [0.29, 0.717) is 62.1 Å². The second kappa shape index (κ2) is 13.0. The third-order valence-electron chi connectivity index (χ3n) is 6.45. The van der Waals surface area contributed by atoms with Gasteiger partial charge < -0.3 is 28.7 Å². The molecule has 2 aromatic rings. The molecular formula is C27H37N3O6. The van der Waals surface area contributed by atoms with Crippen LogP contribution in [0.15, 0.2) is 42.5 Å².